The van der Waals surface area contributed by atoms with Crippen LogP contribution in [0.4, 0.5) is 0 Å². The van der Waals surface area contributed by atoms with Gasteiger partial charge in [0.05, 0.1) is 16.7 Å². The van der Waals surface area contributed by atoms with Crippen LogP contribution in [0.5, 0.6) is 0 Å². The zero-order chi connectivity index (χ0) is 25.1. The van der Waals surface area contributed by atoms with Crippen molar-refractivity contribution in [2.45, 2.75) is 12.8 Å². The van der Waals surface area contributed by atoms with Gasteiger partial charge in [-0.3, -0.25) is 4.57 Å². The lowest BCUT2D eigenvalue weighted by Crippen LogP contribution is -2.00. The van der Waals surface area contributed by atoms with Crippen LogP contribution in [0.25, 0.3) is 66.3 Å². The second-order valence-corrected chi connectivity index (χ2v) is 9.91. The van der Waals surface area contributed by atoms with Crippen LogP contribution in [0, 0.1) is 0 Å². The molecule has 3 heterocycles. The van der Waals surface area contributed by atoms with Gasteiger partial charge in [0, 0.05) is 21.5 Å². The van der Waals surface area contributed by atoms with Crippen LogP contribution in [-0.2, 0) is 0 Å². The van der Waals surface area contributed by atoms with Crippen LogP contribution < -0.4 is 0 Å². The molecule has 4 aromatic carbocycles. The van der Waals surface area contributed by atoms with E-state index in [1.54, 1.807) is 0 Å². The van der Waals surface area contributed by atoms with E-state index in [0.717, 1.165) is 57.3 Å². The SMILES string of the molecule is C1=CC(c2cccc(-n3c4ccccc4c4cc(-c5ccc6oc7ccccc7c6c5)ccc43)n2)=CCC1. The fourth-order valence-electron chi connectivity index (χ4n) is 5.82. The van der Waals surface area contributed by atoms with E-state index in [4.69, 9.17) is 9.40 Å². The maximum Gasteiger partial charge on any atom is 0.138 e. The number of rotatable bonds is 3. The van der Waals surface area contributed by atoms with Crippen molar-refractivity contribution in [1.82, 2.24) is 9.55 Å². The van der Waals surface area contributed by atoms with Gasteiger partial charge < -0.3 is 4.42 Å². The van der Waals surface area contributed by atoms with Crippen LogP contribution >= 0.6 is 0 Å². The van der Waals surface area contributed by atoms with Crippen molar-refractivity contribution in [3.63, 3.8) is 0 Å². The van der Waals surface area contributed by atoms with Crippen LogP contribution in [0.1, 0.15) is 18.5 Å². The summed E-state index contributed by atoms with van der Waals surface area (Å²) < 4.78 is 8.35. The molecule has 0 spiro atoms. The maximum atomic E-state index is 6.06. The van der Waals surface area contributed by atoms with Crippen molar-refractivity contribution in [2.24, 2.45) is 0 Å². The molecule has 3 heteroatoms. The van der Waals surface area contributed by atoms with Gasteiger partial charge in [0.15, 0.2) is 0 Å². The molecule has 0 radical (unpaired) electrons. The first-order chi connectivity index (χ1) is 18.8. The summed E-state index contributed by atoms with van der Waals surface area (Å²) in [5, 5.41) is 4.74. The van der Waals surface area contributed by atoms with E-state index in [0.29, 0.717) is 0 Å². The highest BCUT2D eigenvalue weighted by Gasteiger charge is 2.15. The minimum absolute atomic E-state index is 0.918. The van der Waals surface area contributed by atoms with E-state index in [2.05, 4.69) is 114 Å². The lowest BCUT2D eigenvalue weighted by atomic mass is 10.0. The van der Waals surface area contributed by atoms with Gasteiger partial charge in [0.1, 0.15) is 17.0 Å². The Kier molecular flexibility index (Phi) is 4.65. The first-order valence-electron chi connectivity index (χ1n) is 13.1. The van der Waals surface area contributed by atoms with E-state index in [-0.39, 0.29) is 0 Å². The predicted molar refractivity (Wildman–Crippen MR) is 158 cm³/mol. The molecule has 1 aliphatic carbocycles. The molecular formula is C35H24N2O. The number of hydrogen-bond donors (Lipinski definition) is 0. The first-order valence-corrected chi connectivity index (χ1v) is 13.1. The summed E-state index contributed by atoms with van der Waals surface area (Å²) in [5.41, 5.74) is 8.74. The standard InChI is InChI=1S/C35H24N2O/c1-2-9-23(10-3-1)30-13-8-16-35(36-30)37-31-14-6-4-11-26(31)28-21-24(17-19-32(28)37)25-18-20-34-29(22-25)27-12-5-7-15-33(27)38-34/h2,4-22H,1,3H2. The molecule has 0 aliphatic heterocycles. The third-order valence-electron chi connectivity index (χ3n) is 7.64. The Bertz CT molecular complexity index is 2090. The molecule has 0 bridgehead atoms. The number of para-hydroxylation sites is 2. The molecule has 7 aromatic rings. The van der Waals surface area contributed by atoms with Crippen molar-refractivity contribution in [3.05, 3.63) is 127 Å². The van der Waals surface area contributed by atoms with Crippen LogP contribution in [0.3, 0.4) is 0 Å². The predicted octanol–water partition coefficient (Wildman–Crippen LogP) is 9.48. The summed E-state index contributed by atoms with van der Waals surface area (Å²) in [6.45, 7) is 0. The Morgan fingerprint density at radius 1 is 0.605 bits per heavy atom. The third-order valence-corrected chi connectivity index (χ3v) is 7.64. The Morgan fingerprint density at radius 2 is 1.37 bits per heavy atom. The lowest BCUT2D eigenvalue weighted by molar-refractivity contribution is 0.669. The van der Waals surface area contributed by atoms with Crippen molar-refractivity contribution in [3.8, 4) is 16.9 Å². The minimum atomic E-state index is 0.918. The first kappa shape index (κ1) is 21.2. The van der Waals surface area contributed by atoms with Crippen molar-refractivity contribution in [1.29, 1.82) is 0 Å². The molecule has 0 fully saturated rings. The molecule has 8 rings (SSSR count). The third kappa shape index (κ3) is 3.25. The van der Waals surface area contributed by atoms with Crippen molar-refractivity contribution < 1.29 is 4.42 Å². The second kappa shape index (κ2) is 8.32. The summed E-state index contributed by atoms with van der Waals surface area (Å²) in [5.74, 6) is 0.938. The molecule has 180 valence electrons. The highest BCUT2D eigenvalue weighted by Crippen LogP contribution is 2.37. The molecule has 0 unspecified atom stereocenters. The number of fused-ring (bicyclic) bond motifs is 6. The Hall–Kier alpha value is -4.89. The zero-order valence-corrected chi connectivity index (χ0v) is 20.8. The highest BCUT2D eigenvalue weighted by atomic mass is 16.3. The van der Waals surface area contributed by atoms with Crippen molar-refractivity contribution in [2.75, 3.05) is 0 Å². The summed E-state index contributed by atoms with van der Waals surface area (Å²) in [6, 6.07) is 36.4. The normalized spacial score (nSPS) is 13.6. The van der Waals surface area contributed by atoms with E-state index in [1.807, 2.05) is 12.1 Å². The summed E-state index contributed by atoms with van der Waals surface area (Å²) >= 11 is 0. The number of pyridine rings is 1. The molecular weight excluding hydrogens is 464 g/mol. The number of furan rings is 1. The molecule has 3 nitrogen and oxygen atoms in total. The van der Waals surface area contributed by atoms with E-state index in [1.165, 1.54) is 27.5 Å². The van der Waals surface area contributed by atoms with Gasteiger partial charge in [-0.15, -0.1) is 0 Å². The largest absolute Gasteiger partial charge is 0.456 e. The second-order valence-electron chi connectivity index (χ2n) is 9.91. The number of benzene rings is 4. The van der Waals surface area contributed by atoms with E-state index < -0.39 is 0 Å². The Labute approximate surface area is 220 Å². The average molecular weight is 489 g/mol. The van der Waals surface area contributed by atoms with Gasteiger partial charge in [-0.1, -0.05) is 72.8 Å². The van der Waals surface area contributed by atoms with Gasteiger partial charge in [0.25, 0.3) is 0 Å². The van der Waals surface area contributed by atoms with Crippen molar-refractivity contribution >= 4 is 49.3 Å². The quantitative estimate of drug-likeness (QED) is 0.248. The topological polar surface area (TPSA) is 31.0 Å². The smallest absolute Gasteiger partial charge is 0.138 e. The van der Waals surface area contributed by atoms with Crippen LogP contribution in [-0.4, -0.2) is 9.55 Å². The molecule has 38 heavy (non-hydrogen) atoms. The average Bonchev–Trinajstić information content (AvgIpc) is 3.53. The number of nitrogens with zero attached hydrogens (tertiary/aromatic N) is 2. The Balaban J connectivity index is 1.32. The fourth-order valence-corrected chi connectivity index (χ4v) is 5.82. The fraction of sp³-hybridized carbons (Fsp3) is 0.0571. The Morgan fingerprint density at radius 3 is 2.26 bits per heavy atom. The van der Waals surface area contributed by atoms with Gasteiger partial charge in [-0.2, -0.15) is 0 Å². The highest BCUT2D eigenvalue weighted by molar-refractivity contribution is 6.11. The minimum Gasteiger partial charge on any atom is -0.456 e. The zero-order valence-electron chi connectivity index (χ0n) is 20.8. The van der Waals surface area contributed by atoms with Gasteiger partial charge in [0.2, 0.25) is 0 Å². The molecule has 0 N–H and O–H groups in total. The van der Waals surface area contributed by atoms with Gasteiger partial charge >= 0.3 is 0 Å². The molecule has 0 atom stereocenters. The summed E-state index contributed by atoms with van der Waals surface area (Å²) in [7, 11) is 0. The van der Waals surface area contributed by atoms with E-state index >= 15 is 0 Å². The van der Waals surface area contributed by atoms with Crippen LogP contribution in [0.15, 0.2) is 126 Å². The van der Waals surface area contributed by atoms with Crippen LogP contribution in [0.2, 0.25) is 0 Å². The monoisotopic (exact) mass is 488 g/mol. The van der Waals surface area contributed by atoms with E-state index in [9.17, 15) is 0 Å². The number of hydrogen-bond acceptors (Lipinski definition) is 2. The molecule has 1 aliphatic rings. The summed E-state index contributed by atoms with van der Waals surface area (Å²) in [4.78, 5) is 5.11. The molecule has 0 saturated heterocycles. The summed E-state index contributed by atoms with van der Waals surface area (Å²) in [6.07, 6.45) is 8.87. The number of aromatic nitrogens is 2. The molecule has 0 saturated carbocycles. The van der Waals surface area contributed by atoms with Gasteiger partial charge in [-0.05, 0) is 78.1 Å². The molecule has 0 amide bonds. The van der Waals surface area contributed by atoms with Gasteiger partial charge in [-0.25, -0.2) is 4.98 Å². The molecule has 3 aromatic heterocycles. The maximum absolute atomic E-state index is 6.06. The number of allylic oxidation sites excluding steroid dienone is 4. The lowest BCUT2D eigenvalue weighted by Gasteiger charge is -2.11.